The van der Waals surface area contributed by atoms with Gasteiger partial charge in [-0.05, 0) is 35.9 Å². The monoisotopic (exact) mass is 360 g/mol. The standard InChI is InChI=1S/C14H11BrCl2O2/c1-19-11-2-3-12(13(17)7-11)14(18)8-4-9(15)6-10(16)5-8/h2-7,14,18H,1H3. The van der Waals surface area contributed by atoms with Gasteiger partial charge in [0.25, 0.3) is 0 Å². The summed E-state index contributed by atoms with van der Waals surface area (Å²) in [6.07, 6.45) is -0.839. The Labute approximate surface area is 130 Å². The number of aliphatic hydroxyl groups excluding tert-OH is 1. The van der Waals surface area contributed by atoms with Crippen LogP contribution in [0, 0.1) is 0 Å². The molecule has 0 aliphatic rings. The van der Waals surface area contributed by atoms with Crippen LogP contribution in [0.1, 0.15) is 17.2 Å². The summed E-state index contributed by atoms with van der Waals surface area (Å²) >= 11 is 15.5. The van der Waals surface area contributed by atoms with Crippen LogP contribution >= 0.6 is 39.1 Å². The summed E-state index contributed by atoms with van der Waals surface area (Å²) in [6, 6.07) is 10.4. The highest BCUT2D eigenvalue weighted by Gasteiger charge is 2.15. The first-order chi connectivity index (χ1) is 9.01. The van der Waals surface area contributed by atoms with E-state index in [1.54, 1.807) is 43.5 Å². The van der Waals surface area contributed by atoms with Crippen molar-refractivity contribution in [1.29, 1.82) is 0 Å². The molecule has 0 saturated heterocycles. The van der Waals surface area contributed by atoms with E-state index >= 15 is 0 Å². The Kier molecular flexibility index (Phi) is 4.74. The van der Waals surface area contributed by atoms with Crippen LogP contribution in [-0.2, 0) is 0 Å². The second-order valence-corrected chi connectivity index (χ2v) is 5.75. The summed E-state index contributed by atoms with van der Waals surface area (Å²) in [5.74, 6) is 0.647. The predicted molar refractivity (Wildman–Crippen MR) is 81.2 cm³/mol. The number of halogens is 3. The molecule has 0 aromatic heterocycles. The Hall–Kier alpha value is -0.740. The fourth-order valence-corrected chi connectivity index (χ4v) is 2.93. The van der Waals surface area contributed by atoms with Gasteiger partial charge in [-0.15, -0.1) is 0 Å². The second kappa shape index (κ2) is 6.14. The van der Waals surface area contributed by atoms with Gasteiger partial charge in [0.1, 0.15) is 11.9 Å². The van der Waals surface area contributed by atoms with Crippen molar-refractivity contribution in [3.8, 4) is 5.75 Å². The number of methoxy groups -OCH3 is 1. The fourth-order valence-electron chi connectivity index (χ4n) is 1.77. The molecular weight excluding hydrogens is 351 g/mol. The normalized spacial score (nSPS) is 12.3. The van der Waals surface area contributed by atoms with E-state index in [9.17, 15) is 5.11 Å². The Morgan fingerprint density at radius 2 is 1.89 bits per heavy atom. The maximum atomic E-state index is 10.4. The Morgan fingerprint density at radius 3 is 2.47 bits per heavy atom. The van der Waals surface area contributed by atoms with Crippen LogP contribution in [0.25, 0.3) is 0 Å². The molecule has 5 heteroatoms. The molecule has 2 nitrogen and oxygen atoms in total. The highest BCUT2D eigenvalue weighted by Crippen LogP contribution is 2.33. The molecular formula is C14H11BrCl2O2. The molecule has 19 heavy (non-hydrogen) atoms. The van der Waals surface area contributed by atoms with Gasteiger partial charge in [-0.3, -0.25) is 0 Å². The van der Waals surface area contributed by atoms with Gasteiger partial charge in [0.2, 0.25) is 0 Å². The molecule has 0 bridgehead atoms. The van der Waals surface area contributed by atoms with E-state index in [1.165, 1.54) is 0 Å². The summed E-state index contributed by atoms with van der Waals surface area (Å²) in [7, 11) is 1.57. The van der Waals surface area contributed by atoms with E-state index < -0.39 is 6.10 Å². The van der Waals surface area contributed by atoms with E-state index in [-0.39, 0.29) is 0 Å². The highest BCUT2D eigenvalue weighted by atomic mass is 79.9. The molecule has 0 fully saturated rings. The van der Waals surface area contributed by atoms with Gasteiger partial charge in [0, 0.05) is 15.1 Å². The molecule has 1 atom stereocenters. The van der Waals surface area contributed by atoms with Crippen molar-refractivity contribution in [2.75, 3.05) is 7.11 Å². The zero-order chi connectivity index (χ0) is 14.0. The number of hydrogen-bond acceptors (Lipinski definition) is 2. The van der Waals surface area contributed by atoms with E-state index in [4.69, 9.17) is 27.9 Å². The van der Waals surface area contributed by atoms with E-state index in [0.29, 0.717) is 26.9 Å². The average Bonchev–Trinajstić information content (AvgIpc) is 2.36. The van der Waals surface area contributed by atoms with Gasteiger partial charge < -0.3 is 9.84 Å². The molecule has 1 N–H and O–H groups in total. The van der Waals surface area contributed by atoms with Crippen molar-refractivity contribution in [2.45, 2.75) is 6.10 Å². The smallest absolute Gasteiger partial charge is 0.120 e. The molecule has 0 amide bonds. The van der Waals surface area contributed by atoms with Gasteiger partial charge >= 0.3 is 0 Å². The number of aliphatic hydroxyl groups is 1. The van der Waals surface area contributed by atoms with Crippen LogP contribution in [-0.4, -0.2) is 12.2 Å². The van der Waals surface area contributed by atoms with Gasteiger partial charge in [-0.25, -0.2) is 0 Å². The Morgan fingerprint density at radius 1 is 1.16 bits per heavy atom. The number of ether oxygens (including phenoxy) is 1. The lowest BCUT2D eigenvalue weighted by molar-refractivity contribution is 0.220. The molecule has 0 aliphatic carbocycles. The zero-order valence-corrected chi connectivity index (χ0v) is 13.1. The molecule has 0 saturated carbocycles. The van der Waals surface area contributed by atoms with E-state index in [1.807, 2.05) is 0 Å². The quantitative estimate of drug-likeness (QED) is 0.846. The molecule has 0 heterocycles. The lowest BCUT2D eigenvalue weighted by Crippen LogP contribution is -2.01. The van der Waals surface area contributed by atoms with Gasteiger partial charge in [0.15, 0.2) is 0 Å². The van der Waals surface area contributed by atoms with Crippen molar-refractivity contribution in [3.05, 3.63) is 62.0 Å². The summed E-state index contributed by atoms with van der Waals surface area (Å²) in [5, 5.41) is 11.4. The van der Waals surface area contributed by atoms with Crippen LogP contribution in [0.2, 0.25) is 10.0 Å². The first-order valence-electron chi connectivity index (χ1n) is 5.48. The lowest BCUT2D eigenvalue weighted by Gasteiger charge is -2.14. The largest absolute Gasteiger partial charge is 0.497 e. The van der Waals surface area contributed by atoms with Gasteiger partial charge in [-0.1, -0.05) is 45.2 Å². The molecule has 100 valence electrons. The van der Waals surface area contributed by atoms with Gasteiger partial charge in [-0.2, -0.15) is 0 Å². The molecule has 0 spiro atoms. The van der Waals surface area contributed by atoms with Crippen molar-refractivity contribution in [1.82, 2.24) is 0 Å². The first kappa shape index (κ1) is 14.7. The van der Waals surface area contributed by atoms with Crippen LogP contribution < -0.4 is 4.74 Å². The fraction of sp³-hybridized carbons (Fsp3) is 0.143. The topological polar surface area (TPSA) is 29.5 Å². The number of benzene rings is 2. The maximum Gasteiger partial charge on any atom is 0.120 e. The third kappa shape index (κ3) is 3.42. The third-order valence-electron chi connectivity index (χ3n) is 2.70. The van der Waals surface area contributed by atoms with Crippen molar-refractivity contribution >= 4 is 39.1 Å². The SMILES string of the molecule is COc1ccc(C(O)c2cc(Cl)cc(Br)c2)c(Cl)c1. The third-order valence-corrected chi connectivity index (χ3v) is 3.71. The number of rotatable bonds is 3. The molecule has 2 rings (SSSR count). The van der Waals surface area contributed by atoms with Crippen LogP contribution in [0.3, 0.4) is 0 Å². The van der Waals surface area contributed by atoms with Crippen molar-refractivity contribution in [3.63, 3.8) is 0 Å². The minimum Gasteiger partial charge on any atom is -0.497 e. The van der Waals surface area contributed by atoms with Crippen LogP contribution in [0.5, 0.6) is 5.75 Å². The molecule has 1 unspecified atom stereocenters. The summed E-state index contributed by atoms with van der Waals surface area (Å²) in [6.45, 7) is 0. The summed E-state index contributed by atoms with van der Waals surface area (Å²) in [4.78, 5) is 0. The first-order valence-corrected chi connectivity index (χ1v) is 7.03. The van der Waals surface area contributed by atoms with Crippen molar-refractivity contribution < 1.29 is 9.84 Å². The van der Waals surface area contributed by atoms with Gasteiger partial charge in [0.05, 0.1) is 12.1 Å². The molecule has 2 aromatic rings. The highest BCUT2D eigenvalue weighted by molar-refractivity contribution is 9.10. The lowest BCUT2D eigenvalue weighted by atomic mass is 10.0. The maximum absolute atomic E-state index is 10.4. The minimum absolute atomic E-state index is 0.447. The average molecular weight is 362 g/mol. The van der Waals surface area contributed by atoms with E-state index in [0.717, 1.165) is 4.47 Å². The summed E-state index contributed by atoms with van der Waals surface area (Å²) in [5.41, 5.74) is 1.28. The molecule has 0 radical (unpaired) electrons. The molecule has 2 aromatic carbocycles. The zero-order valence-electron chi connectivity index (χ0n) is 10.0. The number of hydrogen-bond donors (Lipinski definition) is 1. The second-order valence-electron chi connectivity index (χ2n) is 3.99. The van der Waals surface area contributed by atoms with Crippen LogP contribution in [0.4, 0.5) is 0 Å². The van der Waals surface area contributed by atoms with E-state index in [2.05, 4.69) is 15.9 Å². The van der Waals surface area contributed by atoms with Crippen molar-refractivity contribution in [2.24, 2.45) is 0 Å². The summed E-state index contributed by atoms with van der Waals surface area (Å²) < 4.78 is 5.88. The Bertz CT molecular complexity index is 582. The van der Waals surface area contributed by atoms with Crippen LogP contribution in [0.15, 0.2) is 40.9 Å². The Balaban J connectivity index is 2.40. The molecule has 0 aliphatic heterocycles. The minimum atomic E-state index is -0.839. The predicted octanol–water partition coefficient (Wildman–Crippen LogP) is 4.85.